The van der Waals surface area contributed by atoms with Crippen LogP contribution in [-0.4, -0.2) is 16.7 Å². The largest absolute Gasteiger partial charge is 0.328 e. The highest BCUT2D eigenvalue weighted by Crippen LogP contribution is 1.99. The molecule has 3 N–H and O–H groups in total. The molecule has 0 bridgehead atoms. The molecule has 0 aromatic carbocycles. The van der Waals surface area contributed by atoms with Gasteiger partial charge in [-0.15, -0.1) is 0 Å². The van der Waals surface area contributed by atoms with Crippen molar-refractivity contribution in [3.8, 4) is 0 Å². The maximum absolute atomic E-state index is 5.36. The summed E-state index contributed by atoms with van der Waals surface area (Å²) in [5.41, 5.74) is 7.34. The average molecular weight is 201 g/mol. The molecule has 0 atom stereocenters. The molecule has 5 heteroatoms. The molecule has 0 unspecified atom stereocenters. The summed E-state index contributed by atoms with van der Waals surface area (Å²) >= 11 is 5.36. The van der Waals surface area contributed by atoms with Crippen LogP contribution in [0.1, 0.15) is 13.3 Å². The highest BCUT2D eigenvalue weighted by molar-refractivity contribution is 6.30. The Morgan fingerprint density at radius 1 is 1.62 bits per heavy atom. The zero-order chi connectivity index (χ0) is 9.52. The third-order valence-corrected chi connectivity index (χ3v) is 1.82. The first-order valence-corrected chi connectivity index (χ1v) is 4.51. The van der Waals surface area contributed by atoms with Crippen LogP contribution in [0.2, 0.25) is 5.02 Å². The maximum atomic E-state index is 5.36. The maximum Gasteiger partial charge on any atom is 0.0783 e. The van der Waals surface area contributed by atoms with E-state index < -0.39 is 0 Å². The standard InChI is InChI=1S/C5H10N2.C3H3ClN2/c1-2-5-3-6-7-4-5;4-3-1-5-6-2-3/h3,6-7H,2,4H2,1H3;1-2H,(H,5,6). The predicted molar refractivity (Wildman–Crippen MR) is 53.1 cm³/mol. The first-order chi connectivity index (χ1) is 6.33. The first kappa shape index (κ1) is 10.1. The number of aromatic amines is 1. The minimum absolute atomic E-state index is 0.648. The second-order valence-electron chi connectivity index (χ2n) is 2.57. The van der Waals surface area contributed by atoms with Gasteiger partial charge in [-0.3, -0.25) is 5.10 Å². The highest BCUT2D eigenvalue weighted by atomic mass is 35.5. The van der Waals surface area contributed by atoms with Gasteiger partial charge < -0.3 is 5.43 Å². The molecule has 13 heavy (non-hydrogen) atoms. The summed E-state index contributed by atoms with van der Waals surface area (Å²) in [4.78, 5) is 0. The topological polar surface area (TPSA) is 52.7 Å². The number of hydrazine groups is 1. The van der Waals surface area contributed by atoms with Gasteiger partial charge in [0, 0.05) is 18.9 Å². The monoisotopic (exact) mass is 200 g/mol. The third-order valence-electron chi connectivity index (χ3n) is 1.61. The molecule has 0 aliphatic carbocycles. The van der Waals surface area contributed by atoms with Gasteiger partial charge in [0.2, 0.25) is 0 Å². The van der Waals surface area contributed by atoms with Crippen LogP contribution < -0.4 is 10.9 Å². The zero-order valence-corrected chi connectivity index (χ0v) is 8.23. The van der Waals surface area contributed by atoms with Crippen LogP contribution in [0.3, 0.4) is 0 Å². The van der Waals surface area contributed by atoms with Crippen LogP contribution in [-0.2, 0) is 0 Å². The second kappa shape index (κ2) is 5.61. The molecule has 1 aromatic heterocycles. The van der Waals surface area contributed by atoms with Crippen LogP contribution in [0, 0.1) is 0 Å². The van der Waals surface area contributed by atoms with E-state index in [1.165, 1.54) is 5.57 Å². The summed E-state index contributed by atoms with van der Waals surface area (Å²) in [5.74, 6) is 0. The fourth-order valence-corrected chi connectivity index (χ4v) is 0.928. The molecule has 1 aliphatic heterocycles. The van der Waals surface area contributed by atoms with E-state index in [0.29, 0.717) is 5.02 Å². The molecular weight excluding hydrogens is 188 g/mol. The Hall–Kier alpha value is -1.00. The molecule has 4 nitrogen and oxygen atoms in total. The molecule has 2 rings (SSSR count). The lowest BCUT2D eigenvalue weighted by Crippen LogP contribution is -2.20. The molecule has 0 saturated heterocycles. The molecule has 0 amide bonds. The summed E-state index contributed by atoms with van der Waals surface area (Å²) < 4.78 is 0. The molecule has 0 fully saturated rings. The second-order valence-corrected chi connectivity index (χ2v) is 3.01. The van der Waals surface area contributed by atoms with Crippen LogP contribution in [0.25, 0.3) is 0 Å². The van der Waals surface area contributed by atoms with E-state index >= 15 is 0 Å². The number of aromatic nitrogens is 2. The van der Waals surface area contributed by atoms with Gasteiger partial charge in [-0.2, -0.15) is 5.10 Å². The van der Waals surface area contributed by atoms with Gasteiger partial charge in [0.05, 0.1) is 11.2 Å². The van der Waals surface area contributed by atoms with E-state index in [1.807, 2.05) is 6.20 Å². The number of nitrogens with zero attached hydrogens (tertiary/aromatic N) is 1. The van der Waals surface area contributed by atoms with Gasteiger partial charge in [0.25, 0.3) is 0 Å². The van der Waals surface area contributed by atoms with E-state index in [-0.39, 0.29) is 0 Å². The summed E-state index contributed by atoms with van der Waals surface area (Å²) in [6, 6.07) is 0. The lowest BCUT2D eigenvalue weighted by molar-refractivity contribution is 0.718. The Morgan fingerprint density at radius 3 is 2.69 bits per heavy atom. The molecular formula is C8H13ClN4. The van der Waals surface area contributed by atoms with Gasteiger partial charge in [0.1, 0.15) is 0 Å². The van der Waals surface area contributed by atoms with Crippen LogP contribution >= 0.6 is 11.6 Å². The fraction of sp³-hybridized carbons (Fsp3) is 0.375. The first-order valence-electron chi connectivity index (χ1n) is 4.13. The smallest absolute Gasteiger partial charge is 0.0783 e. The Balaban J connectivity index is 0.000000132. The van der Waals surface area contributed by atoms with Crippen molar-refractivity contribution < 1.29 is 0 Å². The highest BCUT2D eigenvalue weighted by Gasteiger charge is 1.96. The number of hydrogen-bond acceptors (Lipinski definition) is 3. The van der Waals surface area contributed by atoms with Crippen LogP contribution in [0.15, 0.2) is 24.2 Å². The normalized spacial score (nSPS) is 14.2. The fourth-order valence-electron chi connectivity index (χ4n) is 0.831. The minimum atomic E-state index is 0.648. The SMILES string of the molecule is CCC1=CNNC1.Clc1cn[nH]c1. The average Bonchev–Trinajstić information content (AvgIpc) is 2.76. The third kappa shape index (κ3) is 3.96. The van der Waals surface area contributed by atoms with Gasteiger partial charge in [-0.1, -0.05) is 18.5 Å². The van der Waals surface area contributed by atoms with Crippen molar-refractivity contribution in [2.45, 2.75) is 13.3 Å². The molecule has 1 aromatic rings. The Labute approximate surface area is 82.3 Å². The predicted octanol–water partition coefficient (Wildman–Crippen LogP) is 1.45. The van der Waals surface area contributed by atoms with Crippen LogP contribution in [0.4, 0.5) is 0 Å². The number of H-pyrrole nitrogens is 1. The van der Waals surface area contributed by atoms with Crippen LogP contribution in [0.5, 0.6) is 0 Å². The van der Waals surface area contributed by atoms with E-state index in [2.05, 4.69) is 28.0 Å². The van der Waals surface area contributed by atoms with Gasteiger partial charge in [-0.05, 0) is 12.0 Å². The number of halogens is 1. The Kier molecular flexibility index (Phi) is 4.35. The van der Waals surface area contributed by atoms with E-state index in [4.69, 9.17) is 11.6 Å². The van der Waals surface area contributed by atoms with Gasteiger partial charge >= 0.3 is 0 Å². The molecule has 0 spiro atoms. The van der Waals surface area contributed by atoms with Crippen molar-refractivity contribution in [3.63, 3.8) is 0 Å². The van der Waals surface area contributed by atoms with Crippen molar-refractivity contribution >= 4 is 11.6 Å². The Bertz CT molecular complexity index is 255. The lowest BCUT2D eigenvalue weighted by atomic mass is 10.2. The van der Waals surface area contributed by atoms with Crippen molar-refractivity contribution in [2.24, 2.45) is 0 Å². The van der Waals surface area contributed by atoms with Crippen molar-refractivity contribution in [3.05, 3.63) is 29.2 Å². The molecule has 72 valence electrons. The molecule has 1 aliphatic rings. The van der Waals surface area contributed by atoms with Gasteiger partial charge in [-0.25, -0.2) is 5.43 Å². The summed E-state index contributed by atoms with van der Waals surface area (Å²) in [5, 5.41) is 6.76. The van der Waals surface area contributed by atoms with Crippen molar-refractivity contribution in [1.82, 2.24) is 21.0 Å². The number of hydrogen-bond donors (Lipinski definition) is 3. The molecule has 0 radical (unpaired) electrons. The minimum Gasteiger partial charge on any atom is -0.328 e. The number of rotatable bonds is 1. The van der Waals surface area contributed by atoms with Crippen molar-refractivity contribution in [1.29, 1.82) is 0 Å². The summed E-state index contributed by atoms with van der Waals surface area (Å²) in [6.07, 6.45) is 6.32. The lowest BCUT2D eigenvalue weighted by Gasteiger charge is -1.88. The summed E-state index contributed by atoms with van der Waals surface area (Å²) in [6.45, 7) is 3.16. The van der Waals surface area contributed by atoms with Gasteiger partial charge in [0.15, 0.2) is 0 Å². The summed E-state index contributed by atoms with van der Waals surface area (Å²) in [7, 11) is 0. The quantitative estimate of drug-likeness (QED) is 0.643. The zero-order valence-electron chi connectivity index (χ0n) is 7.47. The van der Waals surface area contributed by atoms with E-state index in [9.17, 15) is 0 Å². The van der Waals surface area contributed by atoms with Crippen molar-refractivity contribution in [2.75, 3.05) is 6.54 Å². The molecule has 0 saturated carbocycles. The Morgan fingerprint density at radius 2 is 2.46 bits per heavy atom. The van der Waals surface area contributed by atoms with E-state index in [1.54, 1.807) is 12.4 Å². The van der Waals surface area contributed by atoms with E-state index in [0.717, 1.165) is 13.0 Å². The molecule has 2 heterocycles. The number of nitrogens with one attached hydrogen (secondary N) is 3.